The van der Waals surface area contributed by atoms with Crippen molar-refractivity contribution in [1.82, 2.24) is 0 Å². The van der Waals surface area contributed by atoms with Crippen molar-refractivity contribution in [2.75, 3.05) is 20.3 Å². The fraction of sp³-hybridized carbons (Fsp3) is 0.769. The summed E-state index contributed by atoms with van der Waals surface area (Å²) in [6.45, 7) is 1.36. The number of hydrogen-bond acceptors (Lipinski definition) is 4. The van der Waals surface area contributed by atoms with Crippen LogP contribution in [0.1, 0.15) is 25.7 Å². The maximum absolute atomic E-state index is 11.7. The van der Waals surface area contributed by atoms with Crippen LogP contribution in [0.2, 0.25) is 0 Å². The molecule has 0 radical (unpaired) electrons. The van der Waals surface area contributed by atoms with Gasteiger partial charge in [-0.2, -0.15) is 0 Å². The highest BCUT2D eigenvalue weighted by molar-refractivity contribution is 5.89. The third-order valence-corrected chi connectivity index (χ3v) is 4.29. The average Bonchev–Trinajstić information content (AvgIpc) is 2.98. The number of methoxy groups -OCH3 is 1. The molecule has 0 aromatic rings. The summed E-state index contributed by atoms with van der Waals surface area (Å²) in [6.07, 6.45) is 5.86. The Hall–Kier alpha value is -0.870. The molecule has 4 nitrogen and oxygen atoms in total. The fourth-order valence-corrected chi connectivity index (χ4v) is 3.59. The zero-order valence-corrected chi connectivity index (χ0v) is 10.1. The van der Waals surface area contributed by atoms with Crippen LogP contribution in [0.25, 0.3) is 0 Å². The van der Waals surface area contributed by atoms with Gasteiger partial charge in [-0.1, -0.05) is 6.08 Å². The van der Waals surface area contributed by atoms with Gasteiger partial charge in [0.2, 0.25) is 0 Å². The van der Waals surface area contributed by atoms with Crippen molar-refractivity contribution in [1.29, 1.82) is 0 Å². The van der Waals surface area contributed by atoms with Crippen LogP contribution in [0.4, 0.5) is 0 Å². The quantitative estimate of drug-likeness (QED) is 0.652. The second-order valence-electron chi connectivity index (χ2n) is 4.99. The lowest BCUT2D eigenvalue weighted by atomic mass is 9.79. The molecule has 0 aromatic heterocycles. The number of carbonyl (C=O) groups is 1. The van der Waals surface area contributed by atoms with Gasteiger partial charge in [-0.25, -0.2) is 4.79 Å². The lowest BCUT2D eigenvalue weighted by Crippen LogP contribution is -2.38. The van der Waals surface area contributed by atoms with Crippen LogP contribution in [-0.2, 0) is 19.0 Å². The smallest absolute Gasteiger partial charge is 0.333 e. The number of fused-ring (bicyclic) bond motifs is 2. The minimum atomic E-state index is -0.405. The van der Waals surface area contributed by atoms with Gasteiger partial charge in [-0.05, 0) is 25.2 Å². The van der Waals surface area contributed by atoms with Gasteiger partial charge >= 0.3 is 5.97 Å². The molecule has 2 aliphatic carbocycles. The van der Waals surface area contributed by atoms with E-state index in [4.69, 9.17) is 14.2 Å². The molecule has 0 bridgehead atoms. The average molecular weight is 238 g/mol. The lowest BCUT2D eigenvalue weighted by Gasteiger charge is -2.34. The minimum Gasteiger partial charge on any atom is -0.466 e. The van der Waals surface area contributed by atoms with Crippen molar-refractivity contribution in [3.05, 3.63) is 11.6 Å². The number of esters is 1. The largest absolute Gasteiger partial charge is 0.466 e. The molecule has 1 spiro atoms. The maximum atomic E-state index is 11.7. The van der Waals surface area contributed by atoms with E-state index in [9.17, 15) is 4.79 Å². The van der Waals surface area contributed by atoms with E-state index in [-0.39, 0.29) is 11.9 Å². The molecule has 2 atom stereocenters. The Morgan fingerprint density at radius 1 is 1.41 bits per heavy atom. The van der Waals surface area contributed by atoms with E-state index in [1.54, 1.807) is 0 Å². The number of rotatable bonds is 1. The Labute approximate surface area is 101 Å². The van der Waals surface area contributed by atoms with Crippen molar-refractivity contribution >= 4 is 5.97 Å². The molecule has 0 unspecified atom stereocenters. The SMILES string of the molecule is COC(=O)C1=CCC[C@H]2[C@@H]1CCC21OCCO1. The summed E-state index contributed by atoms with van der Waals surface area (Å²) >= 11 is 0. The Balaban J connectivity index is 1.86. The first-order chi connectivity index (χ1) is 8.27. The molecular formula is C13H18O4. The molecule has 4 heteroatoms. The highest BCUT2D eigenvalue weighted by Gasteiger charge is 2.54. The van der Waals surface area contributed by atoms with Gasteiger partial charge in [0, 0.05) is 17.9 Å². The van der Waals surface area contributed by atoms with E-state index >= 15 is 0 Å². The first kappa shape index (κ1) is 11.2. The van der Waals surface area contributed by atoms with E-state index in [2.05, 4.69) is 0 Å². The van der Waals surface area contributed by atoms with Gasteiger partial charge in [0.25, 0.3) is 0 Å². The van der Waals surface area contributed by atoms with Gasteiger partial charge in [-0.3, -0.25) is 0 Å². The Kier molecular flexibility index (Phi) is 2.71. The number of carbonyl (C=O) groups excluding carboxylic acids is 1. The molecule has 0 aromatic carbocycles. The van der Waals surface area contributed by atoms with Gasteiger partial charge in [-0.15, -0.1) is 0 Å². The highest BCUT2D eigenvalue weighted by Crippen LogP contribution is 2.52. The summed E-state index contributed by atoms with van der Waals surface area (Å²) in [5.41, 5.74) is 0.833. The second-order valence-corrected chi connectivity index (χ2v) is 4.99. The summed E-state index contributed by atoms with van der Waals surface area (Å²) in [4.78, 5) is 11.7. The summed E-state index contributed by atoms with van der Waals surface area (Å²) in [7, 11) is 1.44. The Morgan fingerprint density at radius 3 is 2.88 bits per heavy atom. The molecule has 1 aliphatic heterocycles. The number of hydrogen-bond donors (Lipinski definition) is 0. The molecule has 1 saturated carbocycles. The van der Waals surface area contributed by atoms with E-state index in [0.717, 1.165) is 31.3 Å². The van der Waals surface area contributed by atoms with Gasteiger partial charge in [0.15, 0.2) is 5.79 Å². The highest BCUT2D eigenvalue weighted by atomic mass is 16.7. The van der Waals surface area contributed by atoms with Crippen molar-refractivity contribution < 1.29 is 19.0 Å². The molecule has 2 fully saturated rings. The zero-order valence-electron chi connectivity index (χ0n) is 10.1. The topological polar surface area (TPSA) is 44.8 Å². The van der Waals surface area contributed by atoms with Crippen molar-refractivity contribution in [2.24, 2.45) is 11.8 Å². The molecule has 3 rings (SSSR count). The standard InChI is InChI=1S/C13H18O4/c1-15-12(14)10-3-2-4-11-9(10)5-6-13(11)16-7-8-17-13/h3,9,11H,2,4-8H2,1H3/t9-,11+/m1/s1. The monoisotopic (exact) mass is 238 g/mol. The first-order valence-corrected chi connectivity index (χ1v) is 6.33. The van der Waals surface area contributed by atoms with Crippen molar-refractivity contribution in [3.63, 3.8) is 0 Å². The maximum Gasteiger partial charge on any atom is 0.333 e. The van der Waals surface area contributed by atoms with Crippen LogP contribution < -0.4 is 0 Å². The third-order valence-electron chi connectivity index (χ3n) is 4.29. The zero-order chi connectivity index (χ0) is 11.9. The number of allylic oxidation sites excluding steroid dienone is 1. The van der Waals surface area contributed by atoms with Crippen molar-refractivity contribution in [3.8, 4) is 0 Å². The van der Waals surface area contributed by atoms with Crippen LogP contribution >= 0.6 is 0 Å². The summed E-state index contributed by atoms with van der Waals surface area (Å²) in [5, 5.41) is 0. The molecule has 1 saturated heterocycles. The van der Waals surface area contributed by atoms with Crippen LogP contribution in [0.3, 0.4) is 0 Å². The molecule has 0 amide bonds. The molecule has 3 aliphatic rings. The van der Waals surface area contributed by atoms with Crippen molar-refractivity contribution in [2.45, 2.75) is 31.5 Å². The van der Waals surface area contributed by atoms with E-state index in [1.165, 1.54) is 7.11 Å². The summed E-state index contributed by atoms with van der Waals surface area (Å²) < 4.78 is 16.5. The summed E-state index contributed by atoms with van der Waals surface area (Å²) in [5.74, 6) is -0.00813. The molecule has 17 heavy (non-hydrogen) atoms. The number of ether oxygens (including phenoxy) is 3. The van der Waals surface area contributed by atoms with Crippen LogP contribution in [0, 0.1) is 11.8 Å². The Bertz CT molecular complexity index is 354. The molecule has 94 valence electrons. The van der Waals surface area contributed by atoms with Crippen LogP contribution in [0.15, 0.2) is 11.6 Å². The van der Waals surface area contributed by atoms with E-state index in [0.29, 0.717) is 19.1 Å². The van der Waals surface area contributed by atoms with E-state index in [1.807, 2.05) is 6.08 Å². The second kappa shape index (κ2) is 4.10. The first-order valence-electron chi connectivity index (χ1n) is 6.33. The predicted octanol–water partition coefficient (Wildman–Crippen LogP) is 1.65. The fourth-order valence-electron chi connectivity index (χ4n) is 3.59. The van der Waals surface area contributed by atoms with Gasteiger partial charge in [0.1, 0.15) is 0 Å². The lowest BCUT2D eigenvalue weighted by molar-refractivity contribution is -0.187. The third kappa shape index (κ3) is 1.62. The molecule has 1 heterocycles. The normalized spacial score (nSPS) is 34.5. The van der Waals surface area contributed by atoms with Crippen LogP contribution in [0.5, 0.6) is 0 Å². The predicted molar refractivity (Wildman–Crippen MR) is 60.2 cm³/mol. The van der Waals surface area contributed by atoms with Gasteiger partial charge in [0.05, 0.1) is 20.3 Å². The van der Waals surface area contributed by atoms with Gasteiger partial charge < -0.3 is 14.2 Å². The molecular weight excluding hydrogens is 220 g/mol. The minimum absolute atomic E-state index is 0.185. The summed E-state index contributed by atoms with van der Waals surface area (Å²) in [6, 6.07) is 0. The Morgan fingerprint density at radius 2 is 2.18 bits per heavy atom. The molecule has 0 N–H and O–H groups in total. The van der Waals surface area contributed by atoms with E-state index < -0.39 is 5.79 Å². The van der Waals surface area contributed by atoms with Crippen LogP contribution in [-0.4, -0.2) is 32.1 Å².